The van der Waals surface area contributed by atoms with Crippen molar-refractivity contribution in [1.29, 1.82) is 0 Å². The van der Waals surface area contributed by atoms with Crippen LogP contribution >= 0.6 is 45.3 Å². The van der Waals surface area contributed by atoms with E-state index >= 15 is 0 Å². The topological polar surface area (TPSA) is 0 Å². The van der Waals surface area contributed by atoms with Gasteiger partial charge in [-0.2, -0.15) is 0 Å². The zero-order valence-electron chi connectivity index (χ0n) is 23.0. The van der Waals surface area contributed by atoms with Crippen LogP contribution < -0.4 is 0 Å². The fraction of sp³-hybridized carbons (Fsp3) is 0.371. The van der Waals surface area contributed by atoms with Crippen LogP contribution in [-0.2, 0) is 12.8 Å². The quantitative estimate of drug-likeness (QED) is 0.105. The highest BCUT2D eigenvalue weighted by atomic mass is 32.1. The lowest BCUT2D eigenvalue weighted by molar-refractivity contribution is 0.609. The fourth-order valence-electron chi connectivity index (χ4n) is 5.38. The van der Waals surface area contributed by atoms with Crippen LogP contribution in [0, 0.1) is 11.8 Å². The molecule has 6 aromatic rings. The summed E-state index contributed by atoms with van der Waals surface area (Å²) >= 11 is 7.78. The molecule has 4 heteroatoms. The number of hydrogen-bond donors (Lipinski definition) is 0. The summed E-state index contributed by atoms with van der Waals surface area (Å²) in [6.07, 6.45) is 14.5. The molecule has 39 heavy (non-hydrogen) atoms. The standard InChI is InChI=1S/C35H36S4/c1-3-5-7-8-9-11-13-26-20-32-34(36-26)28-22-31-29(23-30(28)38-32)35-33(39-31)21-27(37-35)19-18-25-16-14-24(15-17-25)12-10-6-4-2/h14-17,20-23H,3-13H2,1-2H3. The number of fused-ring (bicyclic) bond motifs is 6. The highest BCUT2D eigenvalue weighted by molar-refractivity contribution is 7.34. The molecular formula is C35H36S4. The van der Waals surface area contributed by atoms with Gasteiger partial charge >= 0.3 is 0 Å². The third-order valence-corrected chi connectivity index (χ3v) is 12.4. The second-order valence-electron chi connectivity index (χ2n) is 10.7. The average Bonchev–Trinajstić information content (AvgIpc) is 3.68. The first-order chi connectivity index (χ1) is 19.2. The summed E-state index contributed by atoms with van der Waals surface area (Å²) in [4.78, 5) is 2.73. The fourth-order valence-corrected chi connectivity index (χ4v) is 10.4. The van der Waals surface area contributed by atoms with Gasteiger partial charge in [-0.3, -0.25) is 0 Å². The molecule has 0 saturated heterocycles. The molecule has 0 aliphatic carbocycles. The molecule has 0 aliphatic rings. The zero-order valence-corrected chi connectivity index (χ0v) is 26.3. The van der Waals surface area contributed by atoms with Gasteiger partial charge in [0.2, 0.25) is 0 Å². The van der Waals surface area contributed by atoms with Crippen LogP contribution in [0.25, 0.3) is 39.0 Å². The average molecular weight is 585 g/mol. The molecule has 0 unspecified atom stereocenters. The molecule has 0 amide bonds. The number of aryl methyl sites for hydroxylation is 2. The third-order valence-electron chi connectivity index (χ3n) is 7.59. The van der Waals surface area contributed by atoms with Crippen LogP contribution in [0.5, 0.6) is 0 Å². The molecule has 0 bridgehead atoms. The molecule has 200 valence electrons. The van der Waals surface area contributed by atoms with E-state index in [1.807, 2.05) is 45.3 Å². The largest absolute Gasteiger partial charge is 0.139 e. The van der Waals surface area contributed by atoms with Crippen LogP contribution in [0.4, 0.5) is 0 Å². The molecule has 4 aromatic heterocycles. The van der Waals surface area contributed by atoms with Crippen LogP contribution in [0.2, 0.25) is 0 Å². The predicted molar refractivity (Wildman–Crippen MR) is 181 cm³/mol. The van der Waals surface area contributed by atoms with Crippen molar-refractivity contribution < 1.29 is 0 Å². The lowest BCUT2D eigenvalue weighted by Crippen LogP contribution is -1.85. The summed E-state index contributed by atoms with van der Waals surface area (Å²) in [5, 5.41) is 2.85. The number of rotatable bonds is 11. The normalized spacial score (nSPS) is 11.7. The van der Waals surface area contributed by atoms with Gasteiger partial charge < -0.3 is 0 Å². The molecule has 0 atom stereocenters. The Morgan fingerprint density at radius 3 is 1.90 bits per heavy atom. The molecule has 0 spiro atoms. The Balaban J connectivity index is 1.18. The van der Waals surface area contributed by atoms with E-state index < -0.39 is 0 Å². The Kier molecular flexibility index (Phi) is 8.71. The molecule has 6 rings (SSSR count). The lowest BCUT2D eigenvalue weighted by atomic mass is 10.1. The van der Waals surface area contributed by atoms with Gasteiger partial charge in [0.1, 0.15) is 0 Å². The van der Waals surface area contributed by atoms with Crippen molar-refractivity contribution in [1.82, 2.24) is 0 Å². The van der Waals surface area contributed by atoms with E-state index in [0.29, 0.717) is 0 Å². The molecule has 0 nitrogen and oxygen atoms in total. The maximum atomic E-state index is 3.44. The number of thiophene rings is 4. The minimum atomic E-state index is 1.10. The second kappa shape index (κ2) is 12.6. The van der Waals surface area contributed by atoms with Crippen molar-refractivity contribution >= 4 is 84.3 Å². The Labute approximate surface area is 248 Å². The van der Waals surface area contributed by atoms with E-state index in [4.69, 9.17) is 0 Å². The van der Waals surface area contributed by atoms with E-state index in [1.54, 1.807) is 4.88 Å². The van der Waals surface area contributed by atoms with Gasteiger partial charge in [0.25, 0.3) is 0 Å². The van der Waals surface area contributed by atoms with Crippen molar-refractivity contribution in [3.8, 4) is 11.8 Å². The number of benzene rings is 2. The third kappa shape index (κ3) is 6.13. The van der Waals surface area contributed by atoms with Crippen molar-refractivity contribution in [2.75, 3.05) is 0 Å². The van der Waals surface area contributed by atoms with Gasteiger partial charge in [0.05, 0.1) is 14.3 Å². The highest BCUT2D eigenvalue weighted by Crippen LogP contribution is 2.46. The monoisotopic (exact) mass is 584 g/mol. The summed E-state index contributed by atoms with van der Waals surface area (Å²) in [6, 6.07) is 18.5. The Morgan fingerprint density at radius 1 is 0.538 bits per heavy atom. The molecule has 0 fully saturated rings. The maximum absolute atomic E-state index is 3.44. The van der Waals surface area contributed by atoms with Crippen molar-refractivity contribution in [3.05, 3.63) is 69.4 Å². The van der Waals surface area contributed by atoms with E-state index in [0.717, 1.165) is 10.4 Å². The molecule has 0 N–H and O–H groups in total. The molecule has 0 saturated carbocycles. The summed E-state index contributed by atoms with van der Waals surface area (Å²) in [6.45, 7) is 4.55. The Bertz CT molecular complexity index is 1760. The minimum Gasteiger partial charge on any atom is -0.139 e. The second-order valence-corrected chi connectivity index (χ2v) is 15.0. The number of unbranched alkanes of at least 4 members (excludes halogenated alkanes) is 7. The van der Waals surface area contributed by atoms with Crippen LogP contribution in [0.1, 0.15) is 92.5 Å². The van der Waals surface area contributed by atoms with Gasteiger partial charge in [0, 0.05) is 40.0 Å². The summed E-state index contributed by atoms with van der Waals surface area (Å²) in [5.41, 5.74) is 2.53. The van der Waals surface area contributed by atoms with Crippen LogP contribution in [-0.4, -0.2) is 0 Å². The summed E-state index contributed by atoms with van der Waals surface area (Å²) < 4.78 is 8.57. The van der Waals surface area contributed by atoms with E-state index in [9.17, 15) is 0 Å². The van der Waals surface area contributed by atoms with E-state index in [1.165, 1.54) is 115 Å². The van der Waals surface area contributed by atoms with Crippen molar-refractivity contribution in [2.45, 2.75) is 84.5 Å². The SMILES string of the molecule is CCCCCCCCc1cc2sc3cc4c(cc3c2s1)sc1cc(C#Cc2ccc(CCCCC)cc2)sc14. The summed E-state index contributed by atoms with van der Waals surface area (Å²) in [7, 11) is 0. The van der Waals surface area contributed by atoms with Gasteiger partial charge in [-0.1, -0.05) is 82.8 Å². The minimum absolute atomic E-state index is 1.10. The Hall–Kier alpha value is -2.16. The first-order valence-corrected chi connectivity index (χ1v) is 17.9. The van der Waals surface area contributed by atoms with Crippen molar-refractivity contribution in [3.63, 3.8) is 0 Å². The first-order valence-electron chi connectivity index (χ1n) is 14.6. The molecular weight excluding hydrogens is 549 g/mol. The molecule has 0 radical (unpaired) electrons. The van der Waals surface area contributed by atoms with Crippen LogP contribution in [0.3, 0.4) is 0 Å². The van der Waals surface area contributed by atoms with Crippen molar-refractivity contribution in [2.24, 2.45) is 0 Å². The highest BCUT2D eigenvalue weighted by Gasteiger charge is 2.15. The van der Waals surface area contributed by atoms with Gasteiger partial charge in [-0.05, 0) is 67.6 Å². The predicted octanol–water partition coefficient (Wildman–Crippen LogP) is 12.6. The Morgan fingerprint density at radius 2 is 1.15 bits per heavy atom. The first kappa shape index (κ1) is 27.0. The van der Waals surface area contributed by atoms with E-state index in [-0.39, 0.29) is 0 Å². The van der Waals surface area contributed by atoms with Gasteiger partial charge in [-0.25, -0.2) is 0 Å². The van der Waals surface area contributed by atoms with Gasteiger partial charge in [0.15, 0.2) is 0 Å². The molecule has 0 aliphatic heterocycles. The van der Waals surface area contributed by atoms with Gasteiger partial charge in [-0.15, -0.1) is 45.3 Å². The maximum Gasteiger partial charge on any atom is 0.0793 e. The zero-order chi connectivity index (χ0) is 26.6. The lowest BCUT2D eigenvalue weighted by Gasteiger charge is -2.00. The summed E-state index contributed by atoms with van der Waals surface area (Å²) in [5.74, 6) is 6.84. The van der Waals surface area contributed by atoms with Crippen LogP contribution in [0.15, 0.2) is 48.5 Å². The smallest absolute Gasteiger partial charge is 0.0793 e. The number of hydrogen-bond acceptors (Lipinski definition) is 4. The molecule has 2 aromatic carbocycles. The molecule has 4 heterocycles. The van der Waals surface area contributed by atoms with E-state index in [2.05, 4.69) is 74.2 Å².